The SMILES string of the molecule is CC[C@H]1[C@@H](OCOC)C2C3C[C@H](OCOC)[C@H]([C@H](C)CCC#N)[C@@]3(C)CCC2[C@@]2(C)CC[C@@H](C)C[C@@H]12.CC[C@H]1[C@@H](OCOC)C2C3C[C@H](OCOC)[C@H]([C@H](C)CCI)[C@@]3(C)CCC2[C@@]2(C)CC[C@@H](C)C[C@@H]12.CC[C@H]1[C@@H](OCOC)C2C3C[C@H](OCOC)[C@H]([C@H](C)CCO)[C@@]3(C)CCC2[C@@]2(C)CC[C@@H](C)C[C@@H]12.CC[C@H]1[C@@H](OCOC)C2C3C[C@H](OCOC)[C@H]([C@H](C)CCc4nnnn4C)[C@@]3(C)CCC2[C@@]2(C)CC[C@@H](C)C[C@@H]12. The molecule has 0 bridgehead atoms. The highest BCUT2D eigenvalue weighted by Crippen LogP contribution is 2.77. The number of ether oxygens (including phenoxy) is 16. The Kier molecular flexibility index (Phi) is 42.9. The standard InChI is InChI=1S/C32H56N4O4.C31H53NO4.C30H53IO4.C30H54O5/c1-9-22-24-16-20(2)12-14-31(24,4)23-13-15-32(5)25(28(23)30(22)40-19-38-8)17-26(39-18-37-7)29(32)21(3)10-11-27-33-34-35-36(27)6;1-8-22-24-16-20(2)11-13-30(24,4)23-12-14-31(5)25(27(23)29(22)36-19-34-7)17-26(35-18-33-6)28(31)21(3)10-9-15-32;2*1-8-21-23-15-19(2)9-12-29(23,4)22-10-13-30(5)24(26(22)28(21)35-18-33-7)16-25(34-17-32-6)27(30)20(3)11-14-31/h20-26,28-30H,9-19H2,1-8H3;20-29H,8-14,16-19H2,1-7H3;19-28H,8-18H2,1-7H3;19-28,31H,8-18H2,1-7H3/t20-,21-,22-,23?,24+,25?,26+,28?,29+,30-,31-,32+;20-,21-,22-,23?,24+,25?,26+,27?,28+,29-,30-,31+;2*19-,20-,21-,22?,23+,24?,25+,26?,27+,28-,29-,30+/m1111/s1. The van der Waals surface area contributed by atoms with Crippen molar-refractivity contribution >= 4 is 22.6 Å². The Morgan fingerprint density at radius 3 is 0.822 bits per heavy atom. The minimum Gasteiger partial charge on any atom is -0.396 e. The van der Waals surface area contributed by atoms with E-state index in [1.165, 1.54) is 165 Å². The molecule has 16 saturated carbocycles. The molecule has 12 unspecified atom stereocenters. The summed E-state index contributed by atoms with van der Waals surface area (Å²) in [5.74, 6) is 21.1. The van der Waals surface area contributed by atoms with Crippen LogP contribution in [0.2, 0.25) is 0 Å². The normalized spacial score (nSPS) is 46.6. The van der Waals surface area contributed by atoms with Crippen LogP contribution < -0.4 is 0 Å². The summed E-state index contributed by atoms with van der Waals surface area (Å²) in [6.45, 7) is 53.4. The summed E-state index contributed by atoms with van der Waals surface area (Å²) < 4.78 is 99.8. The summed E-state index contributed by atoms with van der Waals surface area (Å²) in [6, 6.07) is 2.39. The van der Waals surface area contributed by atoms with Gasteiger partial charge in [0, 0.05) is 83.4 Å². The molecule has 0 aliphatic heterocycles. The second-order valence-electron chi connectivity index (χ2n) is 54.6. The first-order valence-electron chi connectivity index (χ1n) is 60.1. The van der Waals surface area contributed by atoms with Gasteiger partial charge in [-0.1, -0.05) is 212 Å². The fourth-order valence-electron chi connectivity index (χ4n) is 41.8. The summed E-state index contributed by atoms with van der Waals surface area (Å²) in [5.41, 5.74) is 2.57. The summed E-state index contributed by atoms with van der Waals surface area (Å²) in [5, 5.41) is 31.3. The molecule has 1 aromatic heterocycles. The number of aromatic nitrogens is 4. The molecule has 0 aromatic carbocycles. The lowest BCUT2D eigenvalue weighted by atomic mass is 9.41. The van der Waals surface area contributed by atoms with Gasteiger partial charge in [-0.25, -0.2) is 4.68 Å². The highest BCUT2D eigenvalue weighted by atomic mass is 127. The van der Waals surface area contributed by atoms with Gasteiger partial charge >= 0.3 is 0 Å². The van der Waals surface area contributed by atoms with Gasteiger partial charge in [-0.15, -0.1) is 5.10 Å². The average molecular weight is 2160 g/mol. The van der Waals surface area contributed by atoms with E-state index in [1.54, 1.807) is 56.9 Å². The molecule has 22 nitrogen and oxygen atoms in total. The van der Waals surface area contributed by atoms with Crippen molar-refractivity contribution in [3.8, 4) is 6.07 Å². The first-order chi connectivity index (χ1) is 70.0. The zero-order valence-electron chi connectivity index (χ0n) is 97.8. The first kappa shape index (κ1) is 120. The summed E-state index contributed by atoms with van der Waals surface area (Å²) in [6.07, 6.45) is 43.6. The number of aliphatic hydroxyl groups excluding tert-OH is 1. The fraction of sp³-hybridized carbons (Fsp3) is 0.984. The molecule has 0 radical (unpaired) electrons. The number of rotatable bonds is 41. The quantitative estimate of drug-likeness (QED) is 0.0364. The van der Waals surface area contributed by atoms with Crippen LogP contribution >= 0.6 is 22.6 Å². The van der Waals surface area contributed by atoms with Crippen LogP contribution in [0.15, 0.2) is 0 Å². The third kappa shape index (κ3) is 23.1. The van der Waals surface area contributed by atoms with Crippen molar-refractivity contribution in [1.29, 1.82) is 5.26 Å². The number of aryl methyl sites for hydroxylation is 2. The average Bonchev–Trinajstić information content (AvgIpc) is 1.46. The topological polar surface area (TPSA) is 235 Å². The number of nitriles is 1. The molecule has 16 fully saturated rings. The predicted molar refractivity (Wildman–Crippen MR) is 585 cm³/mol. The highest BCUT2D eigenvalue weighted by molar-refractivity contribution is 14.1. The van der Waals surface area contributed by atoms with Crippen LogP contribution in [-0.4, -0.2) is 196 Å². The number of nitrogens with zero attached hydrogens (tertiary/aromatic N) is 5. The molecule has 842 valence electrons. The Labute approximate surface area is 902 Å². The van der Waals surface area contributed by atoms with E-state index in [2.05, 4.69) is 183 Å². The van der Waals surface area contributed by atoms with E-state index in [9.17, 15) is 10.4 Å². The summed E-state index contributed by atoms with van der Waals surface area (Å²) in [7, 11) is 16.0. The van der Waals surface area contributed by atoms with Crippen LogP contribution in [0.3, 0.4) is 0 Å². The van der Waals surface area contributed by atoms with Crippen LogP contribution in [0.4, 0.5) is 0 Å². The molecule has 0 spiro atoms. The number of halogens is 1. The Balaban J connectivity index is 0.000000154. The number of aliphatic hydroxyl groups is 1. The molecule has 48 atom stereocenters. The van der Waals surface area contributed by atoms with Gasteiger partial charge in [-0.3, -0.25) is 0 Å². The summed E-state index contributed by atoms with van der Waals surface area (Å²) in [4.78, 5) is 0. The van der Waals surface area contributed by atoms with E-state index in [4.69, 9.17) is 75.8 Å². The molecular weight excluding hydrogens is 1950 g/mol. The van der Waals surface area contributed by atoms with Crippen molar-refractivity contribution < 1.29 is 80.9 Å². The molecule has 1 N–H and O–H groups in total. The Morgan fingerprint density at radius 2 is 0.589 bits per heavy atom. The number of tetrazole rings is 1. The van der Waals surface area contributed by atoms with Crippen LogP contribution in [0, 0.1) is 244 Å². The van der Waals surface area contributed by atoms with E-state index >= 15 is 0 Å². The molecular formula is C123H216IN5O17. The number of methoxy groups -OCH3 is 8. The molecule has 0 saturated heterocycles. The third-order valence-corrected chi connectivity index (χ3v) is 48.5. The van der Waals surface area contributed by atoms with Crippen molar-refractivity contribution in [2.45, 2.75) is 406 Å². The van der Waals surface area contributed by atoms with Crippen molar-refractivity contribution in [1.82, 2.24) is 20.2 Å². The van der Waals surface area contributed by atoms with E-state index in [-0.39, 0.29) is 59.5 Å². The monoisotopic (exact) mass is 2160 g/mol. The number of hydrogen-bond donors (Lipinski definition) is 1. The fourth-order valence-corrected chi connectivity index (χ4v) is 42.8. The van der Waals surface area contributed by atoms with Gasteiger partial charge in [-0.05, 0) is 402 Å². The van der Waals surface area contributed by atoms with E-state index in [1.807, 2.05) is 11.7 Å². The van der Waals surface area contributed by atoms with Gasteiger partial charge in [-0.2, -0.15) is 5.26 Å². The zero-order valence-corrected chi connectivity index (χ0v) is 100.0. The Hall–Kier alpha value is -1.39. The lowest BCUT2D eigenvalue weighted by Crippen LogP contribution is -2.62. The number of alkyl halides is 1. The van der Waals surface area contributed by atoms with Gasteiger partial charge in [0.1, 0.15) is 54.3 Å². The molecule has 146 heavy (non-hydrogen) atoms. The Morgan fingerprint density at radius 1 is 0.342 bits per heavy atom. The van der Waals surface area contributed by atoms with Crippen LogP contribution in [0.5, 0.6) is 0 Å². The van der Waals surface area contributed by atoms with E-state index in [0.717, 1.165) is 110 Å². The number of hydrogen-bond acceptors (Lipinski definition) is 21. The van der Waals surface area contributed by atoms with Crippen molar-refractivity contribution in [2.24, 2.45) is 240 Å². The first-order valence-corrected chi connectivity index (χ1v) is 61.6. The second kappa shape index (κ2) is 52.2. The van der Waals surface area contributed by atoms with Gasteiger partial charge < -0.3 is 80.9 Å². The van der Waals surface area contributed by atoms with Gasteiger partial charge in [0.05, 0.1) is 54.9 Å². The zero-order chi connectivity index (χ0) is 106. The molecule has 23 heteroatoms. The summed E-state index contributed by atoms with van der Waals surface area (Å²) >= 11 is 2.56. The molecule has 1 heterocycles. The molecule has 1 aromatic rings. The maximum absolute atomic E-state index is 9.82. The molecule has 0 amide bonds. The molecule has 16 aliphatic carbocycles. The van der Waals surface area contributed by atoms with Gasteiger partial charge in [0.25, 0.3) is 0 Å². The van der Waals surface area contributed by atoms with Crippen molar-refractivity contribution in [3.05, 3.63) is 5.82 Å². The molecule has 17 rings (SSSR count). The minimum atomic E-state index is 0.185. The maximum atomic E-state index is 9.82. The highest BCUT2D eigenvalue weighted by Gasteiger charge is 2.74. The van der Waals surface area contributed by atoms with Crippen LogP contribution in [-0.2, 0) is 89.3 Å². The Bertz CT molecular complexity index is 4020. The largest absolute Gasteiger partial charge is 0.396 e. The number of fused-ring (bicyclic) bond motifs is 20. The maximum Gasteiger partial charge on any atom is 0.150 e. The van der Waals surface area contributed by atoms with Gasteiger partial charge in [0.15, 0.2) is 5.82 Å². The lowest BCUT2D eigenvalue weighted by Gasteiger charge is -2.65. The molecule has 16 aliphatic rings. The van der Waals surface area contributed by atoms with Gasteiger partial charge in [0.2, 0.25) is 0 Å². The minimum absolute atomic E-state index is 0.185. The van der Waals surface area contributed by atoms with Crippen LogP contribution in [0.25, 0.3) is 0 Å². The second-order valence-corrected chi connectivity index (χ2v) is 55.7. The van der Waals surface area contributed by atoms with E-state index in [0.29, 0.717) is 236 Å². The van der Waals surface area contributed by atoms with Crippen molar-refractivity contribution in [2.75, 3.05) is 122 Å². The van der Waals surface area contributed by atoms with E-state index < -0.39 is 0 Å². The van der Waals surface area contributed by atoms with Crippen LogP contribution in [0.1, 0.15) is 356 Å². The smallest absolute Gasteiger partial charge is 0.150 e. The predicted octanol–water partition coefficient (Wildman–Crippen LogP) is 26.7. The lowest BCUT2D eigenvalue weighted by molar-refractivity contribution is -0.231. The van der Waals surface area contributed by atoms with Crippen molar-refractivity contribution in [3.63, 3.8) is 0 Å². The third-order valence-electron chi connectivity index (χ3n) is 47.9.